The molecule has 2 saturated heterocycles. The fraction of sp³-hybridized carbons (Fsp3) is 0.556. The monoisotopic (exact) mass is 355 g/mol. The maximum atomic E-state index is 5.97. The molecule has 2 aliphatic rings. The first-order chi connectivity index (χ1) is 12.6. The van der Waals surface area contributed by atoms with E-state index in [0.29, 0.717) is 11.9 Å². The summed E-state index contributed by atoms with van der Waals surface area (Å²) in [7, 11) is 0. The Morgan fingerprint density at radius 2 is 1.85 bits per heavy atom. The molecule has 26 heavy (non-hydrogen) atoms. The van der Waals surface area contributed by atoms with Gasteiger partial charge in [0.05, 0.1) is 23.7 Å². The van der Waals surface area contributed by atoms with Crippen molar-refractivity contribution < 1.29 is 4.74 Å². The zero-order valence-electron chi connectivity index (χ0n) is 15.4. The topological polar surface area (TPSA) is 93.3 Å². The van der Waals surface area contributed by atoms with Crippen LogP contribution in [0.15, 0.2) is 12.3 Å². The molecule has 8 heteroatoms. The van der Waals surface area contributed by atoms with Crippen molar-refractivity contribution >= 4 is 17.6 Å². The third-order valence-corrected chi connectivity index (χ3v) is 5.05. The molecule has 2 aromatic heterocycles. The first-order valence-corrected chi connectivity index (χ1v) is 9.12. The van der Waals surface area contributed by atoms with Gasteiger partial charge in [0.25, 0.3) is 0 Å². The fourth-order valence-corrected chi connectivity index (χ4v) is 3.58. The SMILES string of the molecule is Cc1cnc(C)c(N2CCN(c3cc(C4CCOC4)nc(N)n3)CC2)n1. The summed E-state index contributed by atoms with van der Waals surface area (Å²) in [6.45, 7) is 8.99. The third-order valence-electron chi connectivity index (χ3n) is 5.05. The molecule has 8 nitrogen and oxygen atoms in total. The van der Waals surface area contributed by atoms with E-state index in [-0.39, 0.29) is 0 Å². The summed E-state index contributed by atoms with van der Waals surface area (Å²) in [5.41, 5.74) is 8.88. The summed E-state index contributed by atoms with van der Waals surface area (Å²) in [5.74, 6) is 2.56. The summed E-state index contributed by atoms with van der Waals surface area (Å²) in [6, 6.07) is 2.07. The van der Waals surface area contributed by atoms with Crippen molar-refractivity contribution in [1.29, 1.82) is 0 Å². The molecular weight excluding hydrogens is 330 g/mol. The molecule has 4 heterocycles. The van der Waals surface area contributed by atoms with E-state index in [1.54, 1.807) is 0 Å². The molecule has 138 valence electrons. The van der Waals surface area contributed by atoms with E-state index >= 15 is 0 Å². The summed E-state index contributed by atoms with van der Waals surface area (Å²) in [6.07, 6.45) is 2.81. The summed E-state index contributed by atoms with van der Waals surface area (Å²) < 4.78 is 5.49. The molecule has 0 aromatic carbocycles. The van der Waals surface area contributed by atoms with Crippen LogP contribution >= 0.6 is 0 Å². The van der Waals surface area contributed by atoms with Gasteiger partial charge in [-0.25, -0.2) is 9.97 Å². The highest BCUT2D eigenvalue weighted by atomic mass is 16.5. The van der Waals surface area contributed by atoms with E-state index in [2.05, 4.69) is 35.8 Å². The maximum Gasteiger partial charge on any atom is 0.222 e. The van der Waals surface area contributed by atoms with E-state index in [9.17, 15) is 0 Å². The quantitative estimate of drug-likeness (QED) is 0.880. The van der Waals surface area contributed by atoms with Crippen LogP contribution in [-0.2, 0) is 4.74 Å². The fourth-order valence-electron chi connectivity index (χ4n) is 3.58. The lowest BCUT2D eigenvalue weighted by Gasteiger charge is -2.36. The normalized spacial score (nSPS) is 20.6. The van der Waals surface area contributed by atoms with Crippen molar-refractivity contribution in [1.82, 2.24) is 19.9 Å². The Morgan fingerprint density at radius 3 is 2.58 bits per heavy atom. The van der Waals surface area contributed by atoms with Gasteiger partial charge in [0.15, 0.2) is 0 Å². The van der Waals surface area contributed by atoms with Gasteiger partial charge < -0.3 is 20.3 Å². The predicted molar refractivity (Wildman–Crippen MR) is 101 cm³/mol. The molecule has 0 amide bonds. The lowest BCUT2D eigenvalue weighted by atomic mass is 10.0. The number of hydrogen-bond donors (Lipinski definition) is 1. The van der Waals surface area contributed by atoms with Crippen LogP contribution < -0.4 is 15.5 Å². The third kappa shape index (κ3) is 3.41. The molecule has 2 aliphatic heterocycles. The van der Waals surface area contributed by atoms with Crippen LogP contribution in [0.5, 0.6) is 0 Å². The number of aryl methyl sites for hydroxylation is 2. The Labute approximate surface area is 153 Å². The van der Waals surface area contributed by atoms with Gasteiger partial charge >= 0.3 is 0 Å². The van der Waals surface area contributed by atoms with Crippen LogP contribution in [0.2, 0.25) is 0 Å². The number of anilines is 3. The predicted octanol–water partition coefficient (Wildman–Crippen LogP) is 1.30. The molecule has 1 unspecified atom stereocenters. The van der Waals surface area contributed by atoms with Gasteiger partial charge in [0, 0.05) is 51.0 Å². The molecule has 0 aliphatic carbocycles. The molecule has 2 fully saturated rings. The zero-order chi connectivity index (χ0) is 18.1. The summed E-state index contributed by atoms with van der Waals surface area (Å²) in [4.78, 5) is 22.5. The molecule has 0 saturated carbocycles. The minimum Gasteiger partial charge on any atom is -0.381 e. The molecule has 0 radical (unpaired) electrons. The van der Waals surface area contributed by atoms with Gasteiger partial charge in [0.1, 0.15) is 11.6 Å². The number of ether oxygens (including phenoxy) is 1. The van der Waals surface area contributed by atoms with Crippen molar-refractivity contribution in [3.05, 3.63) is 29.3 Å². The van der Waals surface area contributed by atoms with Gasteiger partial charge in [-0.3, -0.25) is 4.98 Å². The minimum absolute atomic E-state index is 0.325. The van der Waals surface area contributed by atoms with E-state index in [1.165, 1.54) is 0 Å². The largest absolute Gasteiger partial charge is 0.381 e. The Bertz CT molecular complexity index is 783. The number of rotatable bonds is 3. The van der Waals surface area contributed by atoms with Crippen LogP contribution in [0, 0.1) is 13.8 Å². The number of nitrogens with two attached hydrogens (primary N) is 1. The molecule has 0 spiro atoms. The van der Waals surface area contributed by atoms with Crippen molar-refractivity contribution in [3.63, 3.8) is 0 Å². The highest BCUT2D eigenvalue weighted by Crippen LogP contribution is 2.27. The molecule has 2 aromatic rings. The average Bonchev–Trinajstić information content (AvgIpc) is 3.18. The minimum atomic E-state index is 0.325. The summed E-state index contributed by atoms with van der Waals surface area (Å²) in [5, 5.41) is 0. The smallest absolute Gasteiger partial charge is 0.222 e. The standard InChI is InChI=1S/C18H25N7O/c1-12-10-20-13(2)17(21-12)25-6-4-24(5-7-25)16-9-15(22-18(19)23-16)14-3-8-26-11-14/h9-10,14H,3-8,11H2,1-2H3,(H2,19,22,23). The Morgan fingerprint density at radius 1 is 1.08 bits per heavy atom. The molecule has 2 N–H and O–H groups in total. The number of nitrogens with zero attached hydrogens (tertiary/aromatic N) is 6. The second-order valence-corrected chi connectivity index (χ2v) is 6.96. The van der Waals surface area contributed by atoms with Crippen LogP contribution in [0.4, 0.5) is 17.6 Å². The highest BCUT2D eigenvalue weighted by Gasteiger charge is 2.24. The van der Waals surface area contributed by atoms with Crippen LogP contribution in [0.1, 0.15) is 29.4 Å². The molecular formula is C18H25N7O. The second kappa shape index (κ2) is 7.03. The average molecular weight is 355 g/mol. The lowest BCUT2D eigenvalue weighted by molar-refractivity contribution is 0.193. The molecule has 1 atom stereocenters. The van der Waals surface area contributed by atoms with E-state index in [1.807, 2.05) is 20.0 Å². The van der Waals surface area contributed by atoms with Crippen molar-refractivity contribution in [2.75, 3.05) is 54.9 Å². The van der Waals surface area contributed by atoms with Crippen LogP contribution in [-0.4, -0.2) is 59.3 Å². The first-order valence-electron chi connectivity index (χ1n) is 9.12. The van der Waals surface area contributed by atoms with Gasteiger partial charge in [-0.2, -0.15) is 4.98 Å². The Kier molecular flexibility index (Phi) is 4.58. The van der Waals surface area contributed by atoms with Crippen molar-refractivity contribution in [2.24, 2.45) is 0 Å². The highest BCUT2D eigenvalue weighted by molar-refractivity contribution is 5.49. The summed E-state index contributed by atoms with van der Waals surface area (Å²) >= 11 is 0. The first kappa shape index (κ1) is 17.0. The number of aromatic nitrogens is 4. The Balaban J connectivity index is 1.48. The van der Waals surface area contributed by atoms with E-state index in [4.69, 9.17) is 10.5 Å². The molecule has 0 bridgehead atoms. The molecule has 4 rings (SSSR count). The van der Waals surface area contributed by atoms with Crippen LogP contribution in [0.3, 0.4) is 0 Å². The van der Waals surface area contributed by atoms with Gasteiger partial charge in [0.2, 0.25) is 5.95 Å². The van der Waals surface area contributed by atoms with Gasteiger partial charge in [-0.1, -0.05) is 0 Å². The van der Waals surface area contributed by atoms with Gasteiger partial charge in [-0.05, 0) is 20.3 Å². The van der Waals surface area contributed by atoms with E-state index < -0.39 is 0 Å². The lowest BCUT2D eigenvalue weighted by Crippen LogP contribution is -2.47. The maximum absolute atomic E-state index is 5.97. The number of nitrogen functional groups attached to an aromatic ring is 1. The Hall–Kier alpha value is -2.48. The number of piperazine rings is 1. The van der Waals surface area contributed by atoms with Crippen LogP contribution in [0.25, 0.3) is 0 Å². The van der Waals surface area contributed by atoms with Crippen molar-refractivity contribution in [3.8, 4) is 0 Å². The zero-order valence-corrected chi connectivity index (χ0v) is 15.4. The van der Waals surface area contributed by atoms with E-state index in [0.717, 1.165) is 74.5 Å². The second-order valence-electron chi connectivity index (χ2n) is 6.96. The van der Waals surface area contributed by atoms with Gasteiger partial charge in [-0.15, -0.1) is 0 Å². The van der Waals surface area contributed by atoms with Crippen molar-refractivity contribution in [2.45, 2.75) is 26.2 Å². The number of hydrogen-bond acceptors (Lipinski definition) is 8.